The van der Waals surface area contributed by atoms with Gasteiger partial charge in [-0.1, -0.05) is 22.0 Å². The van der Waals surface area contributed by atoms with Gasteiger partial charge in [-0.2, -0.15) is 13.2 Å². The lowest BCUT2D eigenvalue weighted by Crippen LogP contribution is -2.46. The molecule has 1 aliphatic rings. The summed E-state index contributed by atoms with van der Waals surface area (Å²) in [5, 5.41) is 1.07. The van der Waals surface area contributed by atoms with Crippen molar-refractivity contribution in [1.29, 1.82) is 0 Å². The summed E-state index contributed by atoms with van der Waals surface area (Å²) in [6.45, 7) is 2.81. The maximum absolute atomic E-state index is 13.0. The molecule has 3 nitrogen and oxygen atoms in total. The van der Waals surface area contributed by atoms with Crippen molar-refractivity contribution in [2.75, 3.05) is 36.0 Å². The Morgan fingerprint density at radius 3 is 2.37 bits per heavy atom. The largest absolute Gasteiger partial charge is 0.416 e. The van der Waals surface area contributed by atoms with Crippen molar-refractivity contribution in [3.8, 4) is 0 Å². The number of anilines is 2. The zero-order valence-corrected chi connectivity index (χ0v) is 16.0. The fraction of sp³-hybridized carbons (Fsp3) is 0.250. The first kappa shape index (κ1) is 18.1. The zero-order valence-electron chi connectivity index (χ0n) is 14.4. The molecule has 0 saturated carbocycles. The zero-order chi connectivity index (χ0) is 19.0. The number of benzene rings is 2. The van der Waals surface area contributed by atoms with Crippen LogP contribution in [0.4, 0.5) is 24.5 Å². The molecule has 4 rings (SSSR count). The predicted molar refractivity (Wildman–Crippen MR) is 105 cm³/mol. The van der Waals surface area contributed by atoms with Gasteiger partial charge in [0.25, 0.3) is 0 Å². The van der Waals surface area contributed by atoms with Gasteiger partial charge in [0.15, 0.2) is 0 Å². The van der Waals surface area contributed by atoms with E-state index < -0.39 is 11.7 Å². The molecule has 140 valence electrons. The van der Waals surface area contributed by atoms with Crippen molar-refractivity contribution >= 4 is 38.2 Å². The molecule has 1 fully saturated rings. The Hall–Kier alpha value is -2.28. The van der Waals surface area contributed by atoms with Crippen LogP contribution in [0.1, 0.15) is 5.56 Å². The lowest BCUT2D eigenvalue weighted by Gasteiger charge is -2.38. The van der Waals surface area contributed by atoms with E-state index in [0.29, 0.717) is 18.8 Å². The maximum atomic E-state index is 13.0. The van der Waals surface area contributed by atoms with Gasteiger partial charge in [-0.15, -0.1) is 0 Å². The summed E-state index contributed by atoms with van der Waals surface area (Å²) in [5.74, 6) is 0. The Kier molecular flexibility index (Phi) is 4.72. The van der Waals surface area contributed by atoms with E-state index in [1.807, 2.05) is 23.1 Å². The van der Waals surface area contributed by atoms with Crippen LogP contribution in [0.2, 0.25) is 0 Å². The summed E-state index contributed by atoms with van der Waals surface area (Å²) in [6.07, 6.45) is -2.52. The third-order valence-electron chi connectivity index (χ3n) is 4.84. The van der Waals surface area contributed by atoms with Crippen LogP contribution in [0.5, 0.6) is 0 Å². The van der Waals surface area contributed by atoms with Crippen LogP contribution in [-0.4, -0.2) is 31.2 Å². The van der Waals surface area contributed by atoms with E-state index in [0.717, 1.165) is 40.2 Å². The van der Waals surface area contributed by atoms with Gasteiger partial charge in [0.05, 0.1) is 11.1 Å². The maximum Gasteiger partial charge on any atom is 0.416 e. The van der Waals surface area contributed by atoms with Crippen molar-refractivity contribution in [3.63, 3.8) is 0 Å². The molecule has 1 saturated heterocycles. The summed E-state index contributed by atoms with van der Waals surface area (Å²) in [4.78, 5) is 8.68. The van der Waals surface area contributed by atoms with E-state index >= 15 is 0 Å². The third-order valence-corrected chi connectivity index (χ3v) is 5.33. The number of nitrogens with zero attached hydrogens (tertiary/aromatic N) is 3. The van der Waals surface area contributed by atoms with E-state index in [9.17, 15) is 13.2 Å². The summed E-state index contributed by atoms with van der Waals surface area (Å²) in [7, 11) is 0. The van der Waals surface area contributed by atoms with E-state index in [4.69, 9.17) is 0 Å². The van der Waals surface area contributed by atoms with Crippen LogP contribution in [0, 0.1) is 0 Å². The molecule has 7 heteroatoms. The van der Waals surface area contributed by atoms with Crippen LogP contribution >= 0.6 is 15.9 Å². The first-order chi connectivity index (χ1) is 12.9. The molecular formula is C20H17BrF3N3. The smallest absolute Gasteiger partial charge is 0.368 e. The van der Waals surface area contributed by atoms with Crippen molar-refractivity contribution < 1.29 is 13.2 Å². The lowest BCUT2D eigenvalue weighted by molar-refractivity contribution is -0.137. The number of piperazine rings is 1. The number of halogens is 4. The fourth-order valence-electron chi connectivity index (χ4n) is 3.46. The molecular weight excluding hydrogens is 419 g/mol. The molecule has 2 aromatic carbocycles. The number of alkyl halides is 3. The molecule has 3 aromatic rings. The fourth-order valence-corrected chi connectivity index (χ4v) is 3.83. The molecule has 0 unspecified atom stereocenters. The highest BCUT2D eigenvalue weighted by molar-refractivity contribution is 9.10. The summed E-state index contributed by atoms with van der Waals surface area (Å²) < 4.78 is 39.9. The predicted octanol–water partition coefficient (Wildman–Crippen LogP) is 5.34. The SMILES string of the molecule is FC(F)(F)c1cccc(N2CCN(c3ccnc4ccc(Br)cc34)CC2)c1. The second-order valence-electron chi connectivity index (χ2n) is 6.51. The summed E-state index contributed by atoms with van der Waals surface area (Å²) in [5.41, 5.74) is 2.04. The van der Waals surface area contributed by atoms with Crippen molar-refractivity contribution in [3.05, 3.63) is 64.8 Å². The molecule has 2 heterocycles. The lowest BCUT2D eigenvalue weighted by atomic mass is 10.1. The van der Waals surface area contributed by atoms with Crippen molar-refractivity contribution in [1.82, 2.24) is 4.98 Å². The van der Waals surface area contributed by atoms with Crippen molar-refractivity contribution in [2.45, 2.75) is 6.18 Å². The van der Waals surface area contributed by atoms with Crippen LogP contribution < -0.4 is 9.80 Å². The van der Waals surface area contributed by atoms with Crippen LogP contribution in [0.25, 0.3) is 10.9 Å². The first-order valence-electron chi connectivity index (χ1n) is 8.63. The Morgan fingerprint density at radius 1 is 0.889 bits per heavy atom. The van der Waals surface area contributed by atoms with Gasteiger partial charge in [-0.25, -0.2) is 0 Å². The quantitative estimate of drug-likeness (QED) is 0.541. The van der Waals surface area contributed by atoms with Crippen LogP contribution in [0.15, 0.2) is 59.2 Å². The molecule has 0 radical (unpaired) electrons. The van der Waals surface area contributed by atoms with Crippen LogP contribution in [0.3, 0.4) is 0 Å². The van der Waals surface area contributed by atoms with Gasteiger partial charge >= 0.3 is 6.18 Å². The Labute approximate surface area is 163 Å². The average Bonchev–Trinajstić information content (AvgIpc) is 2.67. The standard InChI is InChI=1S/C20H17BrF3N3/c21-15-4-5-18-17(13-15)19(6-7-25-18)27-10-8-26(9-11-27)16-3-1-2-14(12-16)20(22,23)24/h1-7,12-13H,8-11H2. The van der Waals surface area contributed by atoms with Crippen molar-refractivity contribution in [2.24, 2.45) is 0 Å². The molecule has 27 heavy (non-hydrogen) atoms. The Morgan fingerprint density at radius 2 is 1.63 bits per heavy atom. The van der Waals surface area contributed by atoms with E-state index in [1.165, 1.54) is 12.1 Å². The average molecular weight is 436 g/mol. The highest BCUT2D eigenvalue weighted by Crippen LogP contribution is 2.33. The highest BCUT2D eigenvalue weighted by Gasteiger charge is 2.31. The molecule has 0 spiro atoms. The second kappa shape index (κ2) is 7.03. The Bertz CT molecular complexity index is 966. The number of rotatable bonds is 2. The molecule has 0 aliphatic carbocycles. The molecule has 0 atom stereocenters. The molecule has 0 bridgehead atoms. The monoisotopic (exact) mass is 435 g/mol. The number of fused-ring (bicyclic) bond motifs is 1. The normalized spacial score (nSPS) is 15.4. The van der Waals surface area contributed by atoms with E-state index in [-0.39, 0.29) is 0 Å². The van der Waals surface area contributed by atoms with Gasteiger partial charge in [-0.3, -0.25) is 4.98 Å². The summed E-state index contributed by atoms with van der Waals surface area (Å²) in [6, 6.07) is 13.5. The van der Waals surface area contributed by atoms with E-state index in [2.05, 4.69) is 31.9 Å². The van der Waals surface area contributed by atoms with Gasteiger partial charge < -0.3 is 9.80 Å². The minimum absolute atomic E-state index is 0.604. The Balaban J connectivity index is 1.54. The molecule has 0 amide bonds. The topological polar surface area (TPSA) is 19.4 Å². The minimum atomic E-state index is -4.32. The molecule has 1 aromatic heterocycles. The highest BCUT2D eigenvalue weighted by atomic mass is 79.9. The van der Waals surface area contributed by atoms with Gasteiger partial charge in [0, 0.05) is 53.6 Å². The number of pyridine rings is 1. The number of hydrogen-bond donors (Lipinski definition) is 0. The number of aromatic nitrogens is 1. The molecule has 1 aliphatic heterocycles. The van der Waals surface area contributed by atoms with E-state index in [1.54, 1.807) is 12.3 Å². The summed E-state index contributed by atoms with van der Waals surface area (Å²) >= 11 is 3.51. The van der Waals surface area contributed by atoms with Gasteiger partial charge in [-0.05, 0) is 42.5 Å². The third kappa shape index (κ3) is 3.74. The molecule has 0 N–H and O–H groups in total. The second-order valence-corrected chi connectivity index (χ2v) is 7.43. The van der Waals surface area contributed by atoms with Gasteiger partial charge in [0.1, 0.15) is 0 Å². The first-order valence-corrected chi connectivity index (χ1v) is 9.42. The minimum Gasteiger partial charge on any atom is -0.368 e. The van der Waals surface area contributed by atoms with Gasteiger partial charge in [0.2, 0.25) is 0 Å². The number of hydrogen-bond acceptors (Lipinski definition) is 3. The van der Waals surface area contributed by atoms with Crippen LogP contribution in [-0.2, 0) is 6.18 Å².